The predicted octanol–water partition coefficient (Wildman–Crippen LogP) is -0.257. The van der Waals surface area contributed by atoms with Gasteiger partial charge in [-0.3, -0.25) is 4.79 Å². The Morgan fingerprint density at radius 3 is 2.62 bits per heavy atom. The molecule has 0 spiro atoms. The number of hydrogen-bond acceptors (Lipinski definition) is 3. The van der Waals surface area contributed by atoms with Crippen molar-refractivity contribution in [3.8, 4) is 0 Å². The van der Waals surface area contributed by atoms with Gasteiger partial charge in [-0.2, -0.15) is 0 Å². The number of sulfonamides is 1. The first kappa shape index (κ1) is 10.5. The van der Waals surface area contributed by atoms with E-state index in [0.29, 0.717) is 13.0 Å². The van der Waals surface area contributed by atoms with Gasteiger partial charge in [0.1, 0.15) is 0 Å². The molecule has 0 radical (unpaired) electrons. The summed E-state index contributed by atoms with van der Waals surface area (Å²) in [5, 5.41) is 8.65. The summed E-state index contributed by atoms with van der Waals surface area (Å²) in [7, 11) is -3.19. The third-order valence-corrected chi connectivity index (χ3v) is 4.11. The first-order valence-electron chi connectivity index (χ1n) is 4.18. The molecule has 1 N–H and O–H groups in total. The first-order valence-corrected chi connectivity index (χ1v) is 5.79. The number of hydrogen-bond donors (Lipinski definition) is 1. The maximum atomic E-state index is 11.3. The van der Waals surface area contributed by atoms with Crippen molar-refractivity contribution >= 4 is 16.0 Å². The molecule has 0 aromatic rings. The molecule has 0 aromatic heterocycles. The van der Waals surface area contributed by atoms with Crippen LogP contribution in [0, 0.1) is 5.92 Å². The predicted molar refractivity (Wildman–Crippen MR) is 46.8 cm³/mol. The standard InChI is InChI=1S/C7H13NO4S/c1-2-13(11,12)8-4-3-6(5-8)7(9)10/h6H,2-5H2,1H3,(H,9,10). The van der Waals surface area contributed by atoms with Crippen molar-refractivity contribution in [3.63, 3.8) is 0 Å². The summed E-state index contributed by atoms with van der Waals surface area (Å²) in [4.78, 5) is 10.5. The highest BCUT2D eigenvalue weighted by atomic mass is 32.2. The summed E-state index contributed by atoms with van der Waals surface area (Å²) in [6.07, 6.45) is 0.425. The quantitative estimate of drug-likeness (QED) is 0.692. The highest BCUT2D eigenvalue weighted by molar-refractivity contribution is 7.89. The molecule has 6 heteroatoms. The van der Waals surface area contributed by atoms with Gasteiger partial charge in [-0.1, -0.05) is 0 Å². The van der Waals surface area contributed by atoms with Gasteiger partial charge in [0.2, 0.25) is 10.0 Å². The number of aliphatic carboxylic acids is 1. The van der Waals surface area contributed by atoms with Crippen LogP contribution in [-0.2, 0) is 14.8 Å². The van der Waals surface area contributed by atoms with Crippen LogP contribution < -0.4 is 0 Å². The van der Waals surface area contributed by atoms with Gasteiger partial charge in [0, 0.05) is 13.1 Å². The molecular formula is C7H13NO4S. The zero-order valence-corrected chi connectivity index (χ0v) is 8.25. The van der Waals surface area contributed by atoms with Crippen LogP contribution in [0.5, 0.6) is 0 Å². The maximum Gasteiger partial charge on any atom is 0.307 e. The highest BCUT2D eigenvalue weighted by Gasteiger charge is 2.33. The van der Waals surface area contributed by atoms with Gasteiger partial charge in [0.05, 0.1) is 11.7 Å². The van der Waals surface area contributed by atoms with E-state index in [1.807, 2.05) is 0 Å². The smallest absolute Gasteiger partial charge is 0.307 e. The van der Waals surface area contributed by atoms with Crippen molar-refractivity contribution in [1.29, 1.82) is 0 Å². The van der Waals surface area contributed by atoms with E-state index < -0.39 is 21.9 Å². The molecular weight excluding hydrogens is 194 g/mol. The molecule has 1 saturated heterocycles. The molecule has 1 atom stereocenters. The summed E-state index contributed by atoms with van der Waals surface area (Å²) >= 11 is 0. The van der Waals surface area contributed by atoms with Crippen LogP contribution in [0.1, 0.15) is 13.3 Å². The van der Waals surface area contributed by atoms with E-state index in [-0.39, 0.29) is 12.3 Å². The van der Waals surface area contributed by atoms with E-state index in [2.05, 4.69) is 0 Å². The fourth-order valence-corrected chi connectivity index (χ4v) is 2.52. The zero-order chi connectivity index (χ0) is 10.1. The number of rotatable bonds is 3. The zero-order valence-electron chi connectivity index (χ0n) is 7.43. The van der Waals surface area contributed by atoms with Crippen LogP contribution in [0.2, 0.25) is 0 Å². The molecule has 5 nitrogen and oxygen atoms in total. The average Bonchev–Trinajstić information content (AvgIpc) is 2.52. The fourth-order valence-electron chi connectivity index (χ4n) is 1.37. The first-order chi connectivity index (χ1) is 5.97. The van der Waals surface area contributed by atoms with Gasteiger partial charge < -0.3 is 5.11 Å². The van der Waals surface area contributed by atoms with Crippen LogP contribution in [0.3, 0.4) is 0 Å². The average molecular weight is 207 g/mol. The molecule has 1 aliphatic rings. The van der Waals surface area contributed by atoms with Crippen LogP contribution in [0.15, 0.2) is 0 Å². The van der Waals surface area contributed by atoms with Crippen molar-refractivity contribution in [1.82, 2.24) is 4.31 Å². The minimum atomic E-state index is -3.19. The molecule has 1 heterocycles. The van der Waals surface area contributed by atoms with Gasteiger partial charge in [0.25, 0.3) is 0 Å². The second-order valence-electron chi connectivity index (χ2n) is 3.08. The van der Waals surface area contributed by atoms with Gasteiger partial charge in [-0.25, -0.2) is 12.7 Å². The highest BCUT2D eigenvalue weighted by Crippen LogP contribution is 2.19. The normalized spacial score (nSPS) is 24.8. The van der Waals surface area contributed by atoms with Crippen LogP contribution in [0.4, 0.5) is 0 Å². The van der Waals surface area contributed by atoms with Crippen molar-refractivity contribution in [2.75, 3.05) is 18.8 Å². The number of carboxylic acids is 1. The Kier molecular flexibility index (Phi) is 2.92. The molecule has 1 rings (SSSR count). The lowest BCUT2D eigenvalue weighted by molar-refractivity contribution is -0.141. The molecule has 0 amide bonds. The molecule has 0 aliphatic carbocycles. The van der Waals surface area contributed by atoms with E-state index in [1.165, 1.54) is 4.31 Å². The lowest BCUT2D eigenvalue weighted by atomic mass is 10.1. The summed E-state index contributed by atoms with van der Waals surface area (Å²) < 4.78 is 23.9. The summed E-state index contributed by atoms with van der Waals surface area (Å²) in [6.45, 7) is 2.03. The Hall–Kier alpha value is -0.620. The number of nitrogens with zero attached hydrogens (tertiary/aromatic N) is 1. The molecule has 1 fully saturated rings. The summed E-state index contributed by atoms with van der Waals surface area (Å²) in [5.74, 6) is -1.39. The van der Waals surface area contributed by atoms with Crippen molar-refractivity contribution in [2.45, 2.75) is 13.3 Å². The Bertz CT molecular complexity index is 298. The van der Waals surface area contributed by atoms with Crippen LogP contribution >= 0.6 is 0 Å². The molecule has 0 saturated carbocycles. The van der Waals surface area contributed by atoms with Gasteiger partial charge in [-0.15, -0.1) is 0 Å². The molecule has 0 bridgehead atoms. The van der Waals surface area contributed by atoms with Crippen molar-refractivity contribution < 1.29 is 18.3 Å². The Labute approximate surface area is 77.4 Å². The molecule has 1 aliphatic heterocycles. The number of carbonyl (C=O) groups is 1. The van der Waals surface area contributed by atoms with Crippen molar-refractivity contribution in [3.05, 3.63) is 0 Å². The third kappa shape index (κ3) is 2.19. The Morgan fingerprint density at radius 1 is 1.62 bits per heavy atom. The van der Waals surface area contributed by atoms with Gasteiger partial charge in [-0.05, 0) is 13.3 Å². The summed E-state index contributed by atoms with van der Waals surface area (Å²) in [5.41, 5.74) is 0. The number of carboxylic acid groups (broad SMARTS) is 1. The molecule has 76 valence electrons. The van der Waals surface area contributed by atoms with E-state index in [1.54, 1.807) is 6.92 Å². The van der Waals surface area contributed by atoms with Crippen molar-refractivity contribution in [2.24, 2.45) is 5.92 Å². The SMILES string of the molecule is CCS(=O)(=O)N1CCC(C(=O)O)C1. The fraction of sp³-hybridized carbons (Fsp3) is 0.857. The Morgan fingerprint density at radius 2 is 2.23 bits per heavy atom. The van der Waals surface area contributed by atoms with Crippen LogP contribution in [-0.4, -0.2) is 42.6 Å². The largest absolute Gasteiger partial charge is 0.481 e. The topological polar surface area (TPSA) is 74.7 Å². The van der Waals surface area contributed by atoms with E-state index in [0.717, 1.165) is 0 Å². The Balaban J connectivity index is 2.65. The van der Waals surface area contributed by atoms with E-state index in [4.69, 9.17) is 5.11 Å². The lowest BCUT2D eigenvalue weighted by Crippen LogP contribution is -2.31. The van der Waals surface area contributed by atoms with Gasteiger partial charge >= 0.3 is 5.97 Å². The van der Waals surface area contributed by atoms with E-state index >= 15 is 0 Å². The van der Waals surface area contributed by atoms with Gasteiger partial charge in [0.15, 0.2) is 0 Å². The summed E-state index contributed by atoms with van der Waals surface area (Å²) in [6, 6.07) is 0. The second-order valence-corrected chi connectivity index (χ2v) is 5.34. The van der Waals surface area contributed by atoms with Crippen LogP contribution in [0.25, 0.3) is 0 Å². The monoisotopic (exact) mass is 207 g/mol. The second kappa shape index (κ2) is 3.63. The molecule has 13 heavy (non-hydrogen) atoms. The van der Waals surface area contributed by atoms with E-state index in [9.17, 15) is 13.2 Å². The minimum absolute atomic E-state index is 0.0410. The lowest BCUT2D eigenvalue weighted by Gasteiger charge is -2.13. The minimum Gasteiger partial charge on any atom is -0.481 e. The molecule has 1 unspecified atom stereocenters. The molecule has 0 aromatic carbocycles. The third-order valence-electron chi connectivity index (χ3n) is 2.26. The maximum absolute atomic E-state index is 11.3.